The summed E-state index contributed by atoms with van der Waals surface area (Å²) in [6, 6.07) is 2.27. The molecule has 1 aliphatic heterocycles. The van der Waals surface area contributed by atoms with Gasteiger partial charge in [0.25, 0.3) is 0 Å². The molecule has 0 spiro atoms. The number of rotatable bonds is 3. The number of hydrogen-bond acceptors (Lipinski definition) is 3. The van der Waals surface area contributed by atoms with Crippen molar-refractivity contribution in [3.05, 3.63) is 22.4 Å². The number of likely N-dealkylation sites (tertiary alicyclic amines) is 1. The van der Waals surface area contributed by atoms with E-state index in [4.69, 9.17) is 5.73 Å². The van der Waals surface area contributed by atoms with Crippen LogP contribution in [0.4, 0.5) is 0 Å². The molecule has 1 fully saturated rings. The Morgan fingerprint density at radius 1 is 1.62 bits per heavy atom. The van der Waals surface area contributed by atoms with E-state index in [9.17, 15) is 4.79 Å². The Balaban J connectivity index is 0.00000128. The predicted molar refractivity (Wildman–Crippen MR) is 69.1 cm³/mol. The number of thiophene rings is 1. The highest BCUT2D eigenvalue weighted by atomic mass is 35.5. The van der Waals surface area contributed by atoms with E-state index in [1.165, 1.54) is 5.56 Å². The number of aryl methyl sites for hydroxylation is 1. The summed E-state index contributed by atoms with van der Waals surface area (Å²) in [5.41, 5.74) is 7.02. The molecule has 2 N–H and O–H groups in total. The van der Waals surface area contributed by atoms with Gasteiger partial charge in [-0.1, -0.05) is 0 Å². The first-order chi connectivity index (χ1) is 7.25. The number of amides is 1. The molecule has 0 bridgehead atoms. The molecule has 0 unspecified atom stereocenters. The van der Waals surface area contributed by atoms with Gasteiger partial charge in [0.05, 0.1) is 0 Å². The van der Waals surface area contributed by atoms with Crippen LogP contribution < -0.4 is 5.73 Å². The van der Waals surface area contributed by atoms with Crippen LogP contribution in [0.2, 0.25) is 0 Å². The molecule has 2 rings (SSSR count). The quantitative estimate of drug-likeness (QED) is 0.899. The first kappa shape index (κ1) is 13.5. The molecular weight excluding hydrogens is 244 g/mol. The fourth-order valence-corrected chi connectivity index (χ4v) is 2.56. The van der Waals surface area contributed by atoms with Gasteiger partial charge >= 0.3 is 0 Å². The second-order valence-corrected chi connectivity index (χ2v) is 4.80. The van der Waals surface area contributed by atoms with E-state index in [0.717, 1.165) is 25.9 Å². The molecule has 90 valence electrons. The third-order valence-electron chi connectivity index (χ3n) is 2.79. The third kappa shape index (κ3) is 3.47. The van der Waals surface area contributed by atoms with Crippen LogP contribution in [0.25, 0.3) is 0 Å². The van der Waals surface area contributed by atoms with E-state index in [-0.39, 0.29) is 24.4 Å². The van der Waals surface area contributed by atoms with Gasteiger partial charge in [-0.15, -0.1) is 12.4 Å². The molecule has 1 aromatic rings. The highest BCUT2D eigenvalue weighted by Gasteiger charge is 2.22. The lowest BCUT2D eigenvalue weighted by Gasteiger charge is -2.15. The van der Waals surface area contributed by atoms with Crippen molar-refractivity contribution in [2.24, 2.45) is 5.73 Å². The van der Waals surface area contributed by atoms with E-state index in [2.05, 4.69) is 11.4 Å². The molecule has 1 aromatic heterocycles. The van der Waals surface area contributed by atoms with E-state index in [1.807, 2.05) is 10.3 Å². The van der Waals surface area contributed by atoms with Crippen molar-refractivity contribution in [1.82, 2.24) is 4.90 Å². The minimum atomic E-state index is 0. The molecule has 0 aliphatic carbocycles. The van der Waals surface area contributed by atoms with Gasteiger partial charge in [0.15, 0.2) is 0 Å². The van der Waals surface area contributed by atoms with Crippen molar-refractivity contribution in [3.63, 3.8) is 0 Å². The van der Waals surface area contributed by atoms with Crippen molar-refractivity contribution in [3.8, 4) is 0 Å². The van der Waals surface area contributed by atoms with Gasteiger partial charge in [0.1, 0.15) is 0 Å². The molecule has 5 heteroatoms. The molecule has 16 heavy (non-hydrogen) atoms. The number of nitrogens with two attached hydrogens (primary N) is 1. The molecular formula is C11H17ClN2OS. The zero-order valence-corrected chi connectivity index (χ0v) is 10.7. The summed E-state index contributed by atoms with van der Waals surface area (Å²) in [6.45, 7) is 1.58. The largest absolute Gasteiger partial charge is 0.341 e. The van der Waals surface area contributed by atoms with Crippen molar-refractivity contribution in [1.29, 1.82) is 0 Å². The molecule has 3 nitrogen and oxygen atoms in total. The van der Waals surface area contributed by atoms with Crippen LogP contribution in [0, 0.1) is 0 Å². The Kier molecular flexibility index (Phi) is 5.25. The van der Waals surface area contributed by atoms with Gasteiger partial charge in [-0.3, -0.25) is 4.79 Å². The summed E-state index contributed by atoms with van der Waals surface area (Å²) in [4.78, 5) is 13.6. The van der Waals surface area contributed by atoms with E-state index >= 15 is 0 Å². The maximum Gasteiger partial charge on any atom is 0.222 e. The predicted octanol–water partition coefficient (Wildman–Crippen LogP) is 1.66. The number of hydrogen-bond donors (Lipinski definition) is 1. The van der Waals surface area contributed by atoms with Gasteiger partial charge in [-0.05, 0) is 35.2 Å². The minimum Gasteiger partial charge on any atom is -0.341 e. The summed E-state index contributed by atoms with van der Waals surface area (Å²) in [7, 11) is 0. The average Bonchev–Trinajstić information content (AvgIpc) is 2.84. The molecule has 0 radical (unpaired) electrons. The zero-order chi connectivity index (χ0) is 10.7. The van der Waals surface area contributed by atoms with Crippen molar-refractivity contribution in [2.75, 3.05) is 13.1 Å². The van der Waals surface area contributed by atoms with Crippen molar-refractivity contribution in [2.45, 2.75) is 25.3 Å². The van der Waals surface area contributed by atoms with E-state index in [0.29, 0.717) is 6.42 Å². The van der Waals surface area contributed by atoms with Gasteiger partial charge in [-0.2, -0.15) is 11.3 Å². The van der Waals surface area contributed by atoms with Gasteiger partial charge in [0, 0.05) is 25.6 Å². The highest BCUT2D eigenvalue weighted by molar-refractivity contribution is 7.07. The summed E-state index contributed by atoms with van der Waals surface area (Å²) >= 11 is 1.68. The van der Waals surface area contributed by atoms with Gasteiger partial charge < -0.3 is 10.6 Å². The van der Waals surface area contributed by atoms with Crippen molar-refractivity contribution >= 4 is 29.7 Å². The van der Waals surface area contributed by atoms with Crippen LogP contribution in [0.1, 0.15) is 18.4 Å². The molecule has 1 amide bonds. The Morgan fingerprint density at radius 3 is 3.00 bits per heavy atom. The second kappa shape index (κ2) is 6.23. The SMILES string of the molecule is Cl.N[C@H]1CCN(C(=O)CCc2ccsc2)C1. The summed E-state index contributed by atoms with van der Waals surface area (Å²) in [6.07, 6.45) is 2.42. The van der Waals surface area contributed by atoms with E-state index < -0.39 is 0 Å². The molecule has 1 aliphatic rings. The van der Waals surface area contributed by atoms with Crippen LogP contribution in [0.5, 0.6) is 0 Å². The minimum absolute atomic E-state index is 0. The molecule has 1 atom stereocenters. The smallest absolute Gasteiger partial charge is 0.222 e. The van der Waals surface area contributed by atoms with Gasteiger partial charge in [-0.25, -0.2) is 0 Å². The number of carbonyl (C=O) groups is 1. The standard InChI is InChI=1S/C11H16N2OS.ClH/c12-10-3-5-13(7-10)11(14)2-1-9-4-6-15-8-9;/h4,6,8,10H,1-3,5,7,12H2;1H/t10-;/m0./s1. The molecule has 0 aromatic carbocycles. The lowest BCUT2D eigenvalue weighted by Crippen LogP contribution is -2.31. The number of halogens is 1. The van der Waals surface area contributed by atoms with Crippen LogP contribution in [-0.4, -0.2) is 29.9 Å². The van der Waals surface area contributed by atoms with Crippen LogP contribution >= 0.6 is 23.7 Å². The van der Waals surface area contributed by atoms with Crippen molar-refractivity contribution < 1.29 is 4.79 Å². The number of nitrogens with zero attached hydrogens (tertiary/aromatic N) is 1. The zero-order valence-electron chi connectivity index (χ0n) is 9.09. The maximum absolute atomic E-state index is 11.8. The number of carbonyl (C=O) groups excluding carboxylic acids is 1. The first-order valence-corrected chi connectivity index (χ1v) is 6.24. The summed E-state index contributed by atoms with van der Waals surface area (Å²) in [5, 5.41) is 4.15. The fourth-order valence-electron chi connectivity index (χ4n) is 1.86. The Hall–Kier alpha value is -0.580. The topological polar surface area (TPSA) is 46.3 Å². The van der Waals surface area contributed by atoms with Crippen LogP contribution in [-0.2, 0) is 11.2 Å². The lowest BCUT2D eigenvalue weighted by atomic mass is 10.2. The van der Waals surface area contributed by atoms with Crippen LogP contribution in [0.3, 0.4) is 0 Å². The Labute approximate surface area is 106 Å². The second-order valence-electron chi connectivity index (χ2n) is 4.02. The lowest BCUT2D eigenvalue weighted by molar-refractivity contribution is -0.130. The summed E-state index contributed by atoms with van der Waals surface area (Å²) < 4.78 is 0. The monoisotopic (exact) mass is 260 g/mol. The Morgan fingerprint density at radius 2 is 2.44 bits per heavy atom. The first-order valence-electron chi connectivity index (χ1n) is 5.30. The Bertz CT molecular complexity index is 329. The normalized spacial score (nSPS) is 19.6. The molecule has 0 saturated carbocycles. The average molecular weight is 261 g/mol. The molecule has 2 heterocycles. The summed E-state index contributed by atoms with van der Waals surface area (Å²) in [5.74, 6) is 0.245. The maximum atomic E-state index is 11.8. The van der Waals surface area contributed by atoms with Gasteiger partial charge in [0.2, 0.25) is 5.91 Å². The fraction of sp³-hybridized carbons (Fsp3) is 0.545. The van der Waals surface area contributed by atoms with E-state index in [1.54, 1.807) is 11.3 Å². The van der Waals surface area contributed by atoms with Crippen LogP contribution in [0.15, 0.2) is 16.8 Å². The highest BCUT2D eigenvalue weighted by Crippen LogP contribution is 2.12. The third-order valence-corrected chi connectivity index (χ3v) is 3.52. The molecule has 1 saturated heterocycles.